The summed E-state index contributed by atoms with van der Waals surface area (Å²) in [4.78, 5) is 24.0. The Morgan fingerprint density at radius 1 is 1.03 bits per heavy atom. The first-order chi connectivity index (χ1) is 14.5. The van der Waals surface area contributed by atoms with Crippen LogP contribution < -0.4 is 0 Å². The van der Waals surface area contributed by atoms with Gasteiger partial charge in [-0.1, -0.05) is 48.9 Å². The summed E-state index contributed by atoms with van der Waals surface area (Å²) in [6.45, 7) is 4.78. The van der Waals surface area contributed by atoms with Crippen molar-refractivity contribution in [1.82, 2.24) is 0 Å². The zero-order valence-electron chi connectivity index (χ0n) is 18.2. The molecular formula is C26H33NO3. The average Bonchev–Trinajstić information content (AvgIpc) is 3.11. The second-order valence-corrected chi connectivity index (χ2v) is 10.6. The number of benzene rings is 1. The molecule has 0 N–H and O–H groups in total. The van der Waals surface area contributed by atoms with Gasteiger partial charge in [-0.15, -0.1) is 0 Å². The van der Waals surface area contributed by atoms with E-state index in [9.17, 15) is 9.70 Å². The topological polar surface area (TPSA) is 55.7 Å². The molecule has 4 nitrogen and oxygen atoms in total. The van der Waals surface area contributed by atoms with Crippen LogP contribution in [0.2, 0.25) is 0 Å². The molecule has 0 aromatic heterocycles. The number of hydrogen-bond donors (Lipinski definition) is 0. The minimum Gasteiger partial charge on any atom is -0.458 e. The van der Waals surface area contributed by atoms with Gasteiger partial charge < -0.3 is 4.74 Å². The van der Waals surface area contributed by atoms with Crippen molar-refractivity contribution in [2.75, 3.05) is 0 Å². The molecule has 0 amide bonds. The Bertz CT molecular complexity index is 864. The number of hydrogen-bond acceptors (Lipinski definition) is 4. The van der Waals surface area contributed by atoms with Crippen LogP contribution in [-0.4, -0.2) is 18.1 Å². The first-order valence-electron chi connectivity index (χ1n) is 11.7. The van der Waals surface area contributed by atoms with Crippen LogP contribution in [0.15, 0.2) is 47.2 Å². The normalized spacial score (nSPS) is 42.3. The highest BCUT2D eigenvalue weighted by Crippen LogP contribution is 2.65. The van der Waals surface area contributed by atoms with Crippen molar-refractivity contribution >= 4 is 5.97 Å². The summed E-state index contributed by atoms with van der Waals surface area (Å²) >= 11 is 0. The minimum atomic E-state index is -0.203. The van der Waals surface area contributed by atoms with Crippen LogP contribution in [0.5, 0.6) is 0 Å². The van der Waals surface area contributed by atoms with Gasteiger partial charge >= 0.3 is 5.97 Å². The van der Waals surface area contributed by atoms with E-state index < -0.39 is 0 Å². The van der Waals surface area contributed by atoms with Crippen LogP contribution in [0.1, 0.15) is 75.6 Å². The molecule has 160 valence electrons. The van der Waals surface area contributed by atoms with E-state index in [0.717, 1.165) is 44.9 Å². The summed E-state index contributed by atoms with van der Waals surface area (Å²) in [5.41, 5.74) is 2.46. The van der Waals surface area contributed by atoms with Gasteiger partial charge in [-0.05, 0) is 85.7 Å². The molecule has 3 fully saturated rings. The molecular weight excluding hydrogens is 374 g/mol. The summed E-state index contributed by atoms with van der Waals surface area (Å²) in [6.07, 6.45) is 10.9. The highest BCUT2D eigenvalue weighted by atomic mass is 16.5. The van der Waals surface area contributed by atoms with Crippen molar-refractivity contribution in [1.29, 1.82) is 0 Å². The lowest BCUT2D eigenvalue weighted by molar-refractivity contribution is -0.0440. The molecule has 3 saturated carbocycles. The Balaban J connectivity index is 1.32. The fraction of sp³-hybridized carbons (Fsp3) is 0.654. The molecule has 30 heavy (non-hydrogen) atoms. The van der Waals surface area contributed by atoms with Gasteiger partial charge in [0.1, 0.15) is 6.10 Å². The maximum atomic E-state index is 12.5. The summed E-state index contributed by atoms with van der Waals surface area (Å²) in [7, 11) is 0. The van der Waals surface area contributed by atoms with Gasteiger partial charge in [0.15, 0.2) is 0 Å². The third-order valence-electron chi connectivity index (χ3n) is 9.42. The van der Waals surface area contributed by atoms with Gasteiger partial charge in [-0.25, -0.2) is 4.79 Å². The Labute approximate surface area is 179 Å². The Morgan fingerprint density at radius 3 is 2.60 bits per heavy atom. The van der Waals surface area contributed by atoms with Crippen LogP contribution in [0, 0.1) is 33.5 Å². The van der Waals surface area contributed by atoms with Crippen molar-refractivity contribution < 1.29 is 9.53 Å². The van der Waals surface area contributed by atoms with E-state index in [0.29, 0.717) is 23.3 Å². The highest BCUT2D eigenvalue weighted by Gasteiger charge is 2.59. The second-order valence-electron chi connectivity index (χ2n) is 10.6. The molecule has 0 aliphatic heterocycles. The number of carbonyl (C=O) groups excluding carboxylic acids is 1. The Hall–Kier alpha value is -1.97. The van der Waals surface area contributed by atoms with E-state index in [4.69, 9.17) is 4.74 Å². The van der Waals surface area contributed by atoms with Gasteiger partial charge in [-0.2, -0.15) is 4.91 Å². The number of ether oxygens (including phenoxy) is 1. The summed E-state index contributed by atoms with van der Waals surface area (Å²) in [6, 6.07) is 9.32. The lowest BCUT2D eigenvalue weighted by Crippen LogP contribution is -2.51. The van der Waals surface area contributed by atoms with Crippen LogP contribution >= 0.6 is 0 Å². The van der Waals surface area contributed by atoms with E-state index in [1.165, 1.54) is 12.0 Å². The molecule has 2 unspecified atom stereocenters. The molecule has 1 aromatic rings. The van der Waals surface area contributed by atoms with Crippen molar-refractivity contribution in [2.45, 2.75) is 77.4 Å². The van der Waals surface area contributed by atoms with E-state index in [2.05, 4.69) is 25.1 Å². The maximum Gasteiger partial charge on any atom is 0.338 e. The highest BCUT2D eigenvalue weighted by molar-refractivity contribution is 5.89. The van der Waals surface area contributed by atoms with Gasteiger partial charge in [0, 0.05) is 6.42 Å². The number of esters is 1. The van der Waals surface area contributed by atoms with Gasteiger partial charge in [-0.3, -0.25) is 0 Å². The van der Waals surface area contributed by atoms with Gasteiger partial charge in [0.05, 0.1) is 11.6 Å². The van der Waals surface area contributed by atoms with E-state index in [-0.39, 0.29) is 28.9 Å². The van der Waals surface area contributed by atoms with E-state index in [1.54, 1.807) is 0 Å². The number of nitroso groups, excluding NO2 is 1. The zero-order valence-corrected chi connectivity index (χ0v) is 18.2. The minimum absolute atomic E-state index is 0.00904. The largest absolute Gasteiger partial charge is 0.458 e. The molecule has 5 rings (SSSR count). The monoisotopic (exact) mass is 407 g/mol. The summed E-state index contributed by atoms with van der Waals surface area (Å²) in [5, 5.41) is 3.53. The van der Waals surface area contributed by atoms with Crippen molar-refractivity contribution in [3.05, 3.63) is 52.5 Å². The van der Waals surface area contributed by atoms with Crippen LogP contribution in [0.4, 0.5) is 0 Å². The lowest BCUT2D eigenvalue weighted by atomic mass is 9.48. The molecule has 4 aliphatic carbocycles. The smallest absolute Gasteiger partial charge is 0.338 e. The van der Waals surface area contributed by atoms with Crippen LogP contribution in [-0.2, 0) is 4.74 Å². The Morgan fingerprint density at radius 2 is 1.83 bits per heavy atom. The number of carbonyl (C=O) groups is 1. The van der Waals surface area contributed by atoms with Crippen molar-refractivity contribution in [2.24, 2.45) is 33.8 Å². The molecule has 0 spiro atoms. The first-order valence-corrected chi connectivity index (χ1v) is 11.7. The summed E-state index contributed by atoms with van der Waals surface area (Å²) in [5.74, 6) is 1.78. The number of nitrogens with zero attached hydrogens (tertiary/aromatic N) is 1. The molecule has 0 bridgehead atoms. The van der Waals surface area contributed by atoms with E-state index in [1.807, 2.05) is 30.3 Å². The van der Waals surface area contributed by atoms with Crippen LogP contribution in [0.25, 0.3) is 0 Å². The molecule has 7 atom stereocenters. The van der Waals surface area contributed by atoms with Crippen molar-refractivity contribution in [3.8, 4) is 0 Å². The number of rotatable bonds is 3. The predicted molar refractivity (Wildman–Crippen MR) is 117 cm³/mol. The predicted octanol–water partition coefficient (Wildman–Crippen LogP) is 6.31. The average molecular weight is 408 g/mol. The van der Waals surface area contributed by atoms with Crippen molar-refractivity contribution in [3.63, 3.8) is 0 Å². The molecule has 0 heterocycles. The lowest BCUT2D eigenvalue weighted by Gasteiger charge is -2.57. The molecule has 0 radical (unpaired) electrons. The van der Waals surface area contributed by atoms with Gasteiger partial charge in [0.25, 0.3) is 0 Å². The fourth-order valence-corrected chi connectivity index (χ4v) is 7.67. The molecule has 4 aliphatic rings. The van der Waals surface area contributed by atoms with Gasteiger partial charge in [0.2, 0.25) is 0 Å². The van der Waals surface area contributed by atoms with Crippen LogP contribution in [0.3, 0.4) is 0 Å². The Kier molecular flexibility index (Phi) is 4.87. The standard InChI is InChI=1S/C26H33NO3/c1-25-14-12-19(30-24(28)17-6-4-3-5-7-17)16-18(25)8-9-20-21-10-11-23(27-29)26(21,2)15-13-22(20)25/h3-8,19-23H,9-16H2,1-2H3/t19?,20-,21-,22+,23?,25-,26-/m0/s1. The number of fused-ring (bicyclic) bond motifs is 5. The first kappa shape index (κ1) is 20.0. The number of allylic oxidation sites excluding steroid dienone is 1. The quantitative estimate of drug-likeness (QED) is 0.335. The third kappa shape index (κ3) is 2.98. The molecule has 0 saturated heterocycles. The fourth-order valence-electron chi connectivity index (χ4n) is 7.67. The molecule has 1 aromatic carbocycles. The molecule has 4 heteroatoms. The maximum absolute atomic E-state index is 12.5. The zero-order chi connectivity index (χ0) is 20.9. The second kappa shape index (κ2) is 7.32. The SMILES string of the molecule is C[C@]12CCC(OC(=O)c3ccccc3)CC1=CC[C@@H]1[C@H]2CC[C@]2(C)C(N=O)CC[C@@H]12. The third-order valence-corrected chi connectivity index (χ3v) is 9.42. The van der Waals surface area contributed by atoms with E-state index >= 15 is 0 Å². The summed E-state index contributed by atoms with van der Waals surface area (Å²) < 4.78 is 5.89.